The van der Waals surface area contributed by atoms with Gasteiger partial charge >= 0.3 is 0 Å². The highest BCUT2D eigenvalue weighted by atomic mass is 16.3. The predicted molar refractivity (Wildman–Crippen MR) is 232 cm³/mol. The molecule has 0 fully saturated rings. The van der Waals surface area contributed by atoms with Gasteiger partial charge in [0.05, 0.1) is 6.57 Å². The average Bonchev–Trinajstić information content (AvgIpc) is 3.63. The minimum absolute atomic E-state index is 0.649. The van der Waals surface area contributed by atoms with Crippen molar-refractivity contribution in [3.8, 4) is 44.5 Å². The first-order chi connectivity index (χ1) is 27.3. The van der Waals surface area contributed by atoms with E-state index in [1.54, 1.807) is 0 Å². The van der Waals surface area contributed by atoms with Crippen LogP contribution in [0.15, 0.2) is 192 Å². The van der Waals surface area contributed by atoms with Gasteiger partial charge in [-0.15, -0.1) is 0 Å². The van der Waals surface area contributed by atoms with Gasteiger partial charge < -0.3 is 4.42 Å². The second-order valence-electron chi connectivity index (χ2n) is 14.2. The van der Waals surface area contributed by atoms with Crippen molar-refractivity contribution < 1.29 is 4.42 Å². The van der Waals surface area contributed by atoms with Crippen LogP contribution in [0.25, 0.3) is 114 Å². The molecule has 10 aromatic carbocycles. The van der Waals surface area contributed by atoms with Crippen molar-refractivity contribution in [2.24, 2.45) is 0 Å². The lowest BCUT2D eigenvalue weighted by atomic mass is 9.85. The summed E-state index contributed by atoms with van der Waals surface area (Å²) in [5, 5.41) is 11.5. The molecule has 0 amide bonds. The van der Waals surface area contributed by atoms with Crippen molar-refractivity contribution >= 4 is 70.7 Å². The molecule has 0 aliphatic rings. The molecule has 1 heterocycles. The molecule has 0 aliphatic heterocycles. The fourth-order valence-corrected chi connectivity index (χ4v) is 9.00. The third-order valence-corrected chi connectivity index (χ3v) is 11.3. The fourth-order valence-electron chi connectivity index (χ4n) is 9.00. The quantitative estimate of drug-likeness (QED) is 0.132. The summed E-state index contributed by atoms with van der Waals surface area (Å²) in [5.74, 6) is 0. The Morgan fingerprint density at radius 3 is 1.33 bits per heavy atom. The van der Waals surface area contributed by atoms with E-state index < -0.39 is 0 Å². The first-order valence-corrected chi connectivity index (χ1v) is 18.6. The SMILES string of the molecule is [C-]#[N+]c1ccccc1-c1c2ccccc2c(-c2cccc3c2oc2cc(-c4c5ccccc5c(-c5ccccc5)c5ccccc45)ccc23)c2ccccc12. The summed E-state index contributed by atoms with van der Waals surface area (Å²) in [6.45, 7) is 7.98. The number of furan rings is 1. The van der Waals surface area contributed by atoms with Crippen LogP contribution in [0.3, 0.4) is 0 Å². The van der Waals surface area contributed by atoms with Crippen molar-refractivity contribution in [2.45, 2.75) is 0 Å². The normalized spacial score (nSPS) is 11.6. The van der Waals surface area contributed by atoms with E-state index in [1.165, 1.54) is 38.2 Å². The summed E-state index contributed by atoms with van der Waals surface area (Å²) in [7, 11) is 0. The van der Waals surface area contributed by atoms with Gasteiger partial charge in [-0.3, -0.25) is 0 Å². The Labute approximate surface area is 318 Å². The zero-order valence-corrected chi connectivity index (χ0v) is 29.8. The van der Waals surface area contributed by atoms with Crippen LogP contribution in [-0.2, 0) is 0 Å². The lowest BCUT2D eigenvalue weighted by Crippen LogP contribution is -1.91. The first-order valence-electron chi connectivity index (χ1n) is 18.6. The van der Waals surface area contributed by atoms with Gasteiger partial charge in [0.1, 0.15) is 11.2 Å². The standard InChI is InChI=1S/C53H31NO/c1-54-47-29-14-13-26-45(47)51-40-22-9-11-24-42(40)52(43-25-12-10-23-41(43)51)46-28-15-27-44-35-31-30-34(32-48(35)55-53(44)46)50-38-20-7-5-18-36(38)49(33-16-3-2-4-17-33)37-19-6-8-21-39(37)50/h2-32H. The van der Waals surface area contributed by atoms with Crippen molar-refractivity contribution in [3.63, 3.8) is 0 Å². The highest BCUT2D eigenvalue weighted by Crippen LogP contribution is 2.49. The molecule has 0 N–H and O–H groups in total. The fraction of sp³-hybridized carbons (Fsp3) is 0. The summed E-state index contributed by atoms with van der Waals surface area (Å²) >= 11 is 0. The summed E-state index contributed by atoms with van der Waals surface area (Å²) in [4.78, 5) is 3.92. The summed E-state index contributed by atoms with van der Waals surface area (Å²) in [6.07, 6.45) is 0. The molecule has 0 aliphatic carbocycles. The predicted octanol–water partition coefficient (Wildman–Crippen LogP) is 15.4. The van der Waals surface area contributed by atoms with Gasteiger partial charge in [0.15, 0.2) is 5.69 Å². The Bertz CT molecular complexity index is 3270. The van der Waals surface area contributed by atoms with E-state index in [9.17, 15) is 0 Å². The molecule has 254 valence electrons. The molecule has 0 bridgehead atoms. The van der Waals surface area contributed by atoms with E-state index >= 15 is 0 Å². The Morgan fingerprint density at radius 1 is 0.327 bits per heavy atom. The van der Waals surface area contributed by atoms with Gasteiger partial charge in [-0.25, -0.2) is 4.85 Å². The third kappa shape index (κ3) is 4.67. The van der Waals surface area contributed by atoms with Gasteiger partial charge in [-0.05, 0) is 88.6 Å². The number of hydrogen-bond acceptors (Lipinski definition) is 1. The van der Waals surface area contributed by atoms with Crippen molar-refractivity contribution in [2.75, 3.05) is 0 Å². The van der Waals surface area contributed by atoms with Gasteiger partial charge in [-0.2, -0.15) is 0 Å². The van der Waals surface area contributed by atoms with Crippen LogP contribution in [0.2, 0.25) is 0 Å². The van der Waals surface area contributed by atoms with Crippen molar-refractivity contribution in [1.82, 2.24) is 0 Å². The van der Waals surface area contributed by atoms with E-state index in [-0.39, 0.29) is 0 Å². The van der Waals surface area contributed by atoms with Gasteiger partial charge in [0, 0.05) is 21.9 Å². The molecular formula is C53H31NO. The van der Waals surface area contributed by atoms with Crippen LogP contribution < -0.4 is 0 Å². The maximum absolute atomic E-state index is 7.98. The van der Waals surface area contributed by atoms with Crippen molar-refractivity contribution in [3.05, 3.63) is 199 Å². The zero-order valence-electron chi connectivity index (χ0n) is 29.8. The van der Waals surface area contributed by atoms with Crippen LogP contribution in [0, 0.1) is 6.57 Å². The molecule has 0 unspecified atom stereocenters. The molecule has 11 rings (SSSR count). The molecule has 2 nitrogen and oxygen atoms in total. The number of rotatable bonds is 4. The highest BCUT2D eigenvalue weighted by molar-refractivity contribution is 6.26. The van der Waals surface area contributed by atoms with Crippen molar-refractivity contribution in [1.29, 1.82) is 0 Å². The summed E-state index contributed by atoms with van der Waals surface area (Å²) < 4.78 is 7.03. The van der Waals surface area contributed by atoms with Crippen LogP contribution >= 0.6 is 0 Å². The van der Waals surface area contributed by atoms with Gasteiger partial charge in [0.2, 0.25) is 0 Å². The largest absolute Gasteiger partial charge is 0.455 e. The minimum atomic E-state index is 0.649. The molecule has 0 saturated carbocycles. The number of para-hydroxylation sites is 2. The molecule has 55 heavy (non-hydrogen) atoms. The average molecular weight is 698 g/mol. The second kappa shape index (κ2) is 12.3. The van der Waals surface area contributed by atoms with E-state index in [1.807, 2.05) is 18.2 Å². The summed E-state index contributed by atoms with van der Waals surface area (Å²) in [6, 6.07) is 66.6. The van der Waals surface area contributed by atoms with Crippen LogP contribution in [0.4, 0.5) is 5.69 Å². The Hall–Kier alpha value is -7.47. The molecule has 0 atom stereocenters. The lowest BCUT2D eigenvalue weighted by Gasteiger charge is -2.18. The molecule has 0 radical (unpaired) electrons. The van der Waals surface area contributed by atoms with Crippen LogP contribution in [0.5, 0.6) is 0 Å². The van der Waals surface area contributed by atoms with E-state index in [2.05, 4.69) is 175 Å². The maximum atomic E-state index is 7.98. The highest BCUT2D eigenvalue weighted by Gasteiger charge is 2.22. The molecular weight excluding hydrogens is 667 g/mol. The Kier molecular flexibility index (Phi) is 6.96. The number of benzene rings is 10. The number of fused-ring (bicyclic) bond motifs is 7. The molecule has 2 heteroatoms. The number of nitrogens with zero attached hydrogens (tertiary/aromatic N) is 1. The number of hydrogen-bond donors (Lipinski definition) is 0. The van der Waals surface area contributed by atoms with Crippen LogP contribution in [-0.4, -0.2) is 0 Å². The maximum Gasteiger partial charge on any atom is 0.194 e. The minimum Gasteiger partial charge on any atom is -0.455 e. The lowest BCUT2D eigenvalue weighted by molar-refractivity contribution is 0.670. The molecule has 1 aromatic heterocycles. The molecule has 0 saturated heterocycles. The molecule has 0 spiro atoms. The summed E-state index contributed by atoms with van der Waals surface area (Å²) in [5.41, 5.74) is 11.4. The Morgan fingerprint density at radius 2 is 0.764 bits per heavy atom. The second-order valence-corrected chi connectivity index (χ2v) is 14.2. The van der Waals surface area contributed by atoms with E-state index in [0.29, 0.717) is 5.69 Å². The smallest absolute Gasteiger partial charge is 0.194 e. The van der Waals surface area contributed by atoms with Crippen LogP contribution in [0.1, 0.15) is 0 Å². The Balaban J connectivity index is 1.18. The van der Waals surface area contributed by atoms with Gasteiger partial charge in [-0.1, -0.05) is 176 Å². The first kappa shape index (κ1) is 31.1. The van der Waals surface area contributed by atoms with E-state index in [4.69, 9.17) is 11.0 Å². The van der Waals surface area contributed by atoms with Gasteiger partial charge in [0.25, 0.3) is 0 Å². The third-order valence-electron chi connectivity index (χ3n) is 11.3. The monoisotopic (exact) mass is 697 g/mol. The van der Waals surface area contributed by atoms with E-state index in [0.717, 1.165) is 71.3 Å². The zero-order chi connectivity index (χ0) is 36.5. The molecule has 11 aromatic rings. The topological polar surface area (TPSA) is 17.5 Å².